The molecule has 17 heteroatoms. The number of thioether (sulfide) groups is 2. The molecule has 0 radical (unpaired) electrons. The summed E-state index contributed by atoms with van der Waals surface area (Å²) in [5, 5.41) is 45.4. The van der Waals surface area contributed by atoms with E-state index in [9.17, 15) is 29.7 Å². The van der Waals surface area contributed by atoms with Crippen molar-refractivity contribution in [2.75, 3.05) is 19.6 Å². The quantitative estimate of drug-likeness (QED) is 0.0525. The van der Waals surface area contributed by atoms with Crippen LogP contribution in [0.3, 0.4) is 0 Å². The molecule has 2 aliphatic carbocycles. The fourth-order valence-corrected chi connectivity index (χ4v) is 13.5. The van der Waals surface area contributed by atoms with Crippen LogP contribution in [0.1, 0.15) is 123 Å². The Hall–Kier alpha value is -3.85. The number of benzene rings is 4. The molecule has 4 aromatic carbocycles. The molecule has 6 aromatic rings. The van der Waals surface area contributed by atoms with Crippen molar-refractivity contribution in [1.29, 1.82) is 0 Å². The number of carbonyl (C=O) groups excluding carboxylic acids is 3. The number of nitrogens with one attached hydrogen (secondary N) is 2. The summed E-state index contributed by atoms with van der Waals surface area (Å²) in [6.45, 7) is 9.86. The molecule has 10 rings (SSSR count). The molecular weight excluding hydrogens is 1070 g/mol. The van der Waals surface area contributed by atoms with Crippen molar-refractivity contribution < 1.29 is 78.6 Å². The molecular formula is C61H71N2NaO10S4. The number of rotatable bonds is 15. The minimum absolute atomic E-state index is 0. The van der Waals surface area contributed by atoms with Crippen LogP contribution in [-0.2, 0) is 31.8 Å². The number of thiophene rings is 2. The minimum atomic E-state index is -1.27. The van der Waals surface area contributed by atoms with E-state index in [4.69, 9.17) is 19.3 Å². The van der Waals surface area contributed by atoms with Crippen LogP contribution in [0.4, 0.5) is 0 Å². The average Bonchev–Trinajstić information content (AvgIpc) is 4.36. The van der Waals surface area contributed by atoms with Gasteiger partial charge in [0.25, 0.3) is 11.8 Å². The maximum absolute atomic E-state index is 12.3. The van der Waals surface area contributed by atoms with Gasteiger partial charge in [0.05, 0.1) is 17.5 Å². The smallest absolute Gasteiger partial charge is 0.857 e. The molecule has 5 N–H and O–H groups in total. The summed E-state index contributed by atoms with van der Waals surface area (Å²) >= 11 is 6.51. The Morgan fingerprint density at radius 2 is 1.09 bits per heavy atom. The predicted molar refractivity (Wildman–Crippen MR) is 309 cm³/mol. The van der Waals surface area contributed by atoms with Crippen LogP contribution in [-0.4, -0.2) is 106 Å². The van der Waals surface area contributed by atoms with Gasteiger partial charge < -0.3 is 45.3 Å². The topological polar surface area (TPSA) is 187 Å². The summed E-state index contributed by atoms with van der Waals surface area (Å²) in [4.78, 5) is 41.3. The number of hydrogen-bond donors (Lipinski definition) is 5. The first-order valence-electron chi connectivity index (χ1n) is 26.2. The molecule has 10 atom stereocenters. The number of carbonyl (C=O) groups is 3. The van der Waals surface area contributed by atoms with Gasteiger partial charge in [-0.15, -0.1) is 34.4 Å². The van der Waals surface area contributed by atoms with Gasteiger partial charge in [-0.3, -0.25) is 14.4 Å². The van der Waals surface area contributed by atoms with E-state index in [2.05, 4.69) is 87.0 Å². The Balaban J connectivity index is 0.000000217. The van der Waals surface area contributed by atoms with E-state index < -0.39 is 29.9 Å². The van der Waals surface area contributed by atoms with Crippen LogP contribution < -0.4 is 45.3 Å². The maximum Gasteiger partial charge on any atom is 1.00 e. The van der Waals surface area contributed by atoms with Crippen LogP contribution in [0.25, 0.3) is 20.9 Å². The monoisotopic (exact) mass is 1140 g/mol. The Morgan fingerprint density at radius 3 is 1.51 bits per heavy atom. The number of hydrogen-bond acceptors (Lipinski definition) is 14. The first-order chi connectivity index (χ1) is 37.1. The van der Waals surface area contributed by atoms with E-state index in [1.165, 1.54) is 44.4 Å². The minimum Gasteiger partial charge on any atom is -0.857 e. The number of amides is 2. The first-order valence-corrected chi connectivity index (χ1v) is 30.5. The second-order valence-corrected chi connectivity index (χ2v) is 24.7. The maximum atomic E-state index is 12.3. The third kappa shape index (κ3) is 15.4. The van der Waals surface area contributed by atoms with Gasteiger partial charge in [0, 0.05) is 68.4 Å². The molecule has 78 heavy (non-hydrogen) atoms. The zero-order chi connectivity index (χ0) is 55.1. The Kier molecular flexibility index (Phi) is 22.4. The molecule has 2 unspecified atom stereocenters. The van der Waals surface area contributed by atoms with E-state index in [1.807, 2.05) is 66.7 Å². The fraction of sp³-hybridized carbons (Fsp3) is 0.426. The second-order valence-electron chi connectivity index (χ2n) is 20.4. The van der Waals surface area contributed by atoms with Crippen molar-refractivity contribution in [3.63, 3.8) is 0 Å². The molecule has 4 fully saturated rings. The molecule has 2 amide bonds. The summed E-state index contributed by atoms with van der Waals surface area (Å²) in [5.74, 6) is -0.115. The summed E-state index contributed by atoms with van der Waals surface area (Å²) < 4.78 is 18.3. The normalized spacial score (nSPS) is 24.5. The van der Waals surface area contributed by atoms with Crippen molar-refractivity contribution in [3.8, 4) is 20.9 Å². The summed E-state index contributed by atoms with van der Waals surface area (Å²) in [6, 6.07) is 37.5. The molecule has 4 aliphatic rings. The predicted octanol–water partition coefficient (Wildman–Crippen LogP) is 7.00. The summed E-state index contributed by atoms with van der Waals surface area (Å²) in [5.41, 5.74) is 9.66. The molecule has 2 saturated heterocycles. The van der Waals surface area contributed by atoms with E-state index >= 15 is 0 Å². The zero-order valence-electron chi connectivity index (χ0n) is 45.9. The summed E-state index contributed by atoms with van der Waals surface area (Å²) in [7, 11) is 0.750. The van der Waals surface area contributed by atoms with Gasteiger partial charge in [-0.2, -0.15) is 18.9 Å². The van der Waals surface area contributed by atoms with Crippen molar-refractivity contribution in [2.45, 2.75) is 139 Å². The molecule has 410 valence electrons. The first kappa shape index (κ1) is 61.8. The average molecular weight is 1140 g/mol. The SMILES string of the molecule is CS[C@H]1C(c2ccc(C)c(Cc3ccc(-c4ccc(C(=O)NC5CC5)cc4)s3)c2)O[C@H](C)[C@@H](C)[C@@H]1OC(C)=O.CS[C@H]1OC(c2ccc(C)c(Cc3ccc(-c4ccc(C(=O)NC5CC5)cc4)s3)c2)[C@H](O)[C@@H](O)[C@@H]1O.C[O-].[Na+]. The molecule has 2 aromatic heterocycles. The Labute approximate surface area is 497 Å². The third-order valence-corrected chi connectivity index (χ3v) is 18.9. The Bertz CT molecular complexity index is 2960. The van der Waals surface area contributed by atoms with Gasteiger partial charge >= 0.3 is 35.5 Å². The van der Waals surface area contributed by atoms with Crippen molar-refractivity contribution in [3.05, 3.63) is 163 Å². The number of ether oxygens (including phenoxy) is 3. The standard InChI is InChI=1S/C32H37NO4S2.C28H31NO5S2.CH3O.Na/c1-18-6-7-24(30-31(38-5)29(37-21(4)34)19(2)20(3)36-30)16-25(18)17-27-14-15-28(39-27)22-8-10-23(11-9-22)32(35)33-26-12-13-26;1-15-3-4-18(26-24(31)23(30)25(32)28(34-26)35-2)13-19(15)14-21-11-12-22(36-21)16-5-7-17(8-6-16)27(33)29-20-9-10-20;1-2;/h6-11,14-16,19-20,26,29-31H,12-13,17H2,1-5H3,(H,33,35);3-8,11-13,20,23-26,28,30-32H,9-10,14H2,1-2H3,(H,29,33);1H3;/q;;-1;+1/t19-,20-,29+,30?,31-;23-,24-,25+,26?,28-;;/m11../s1. The Morgan fingerprint density at radius 1 is 0.628 bits per heavy atom. The second kappa shape index (κ2) is 28.2. The molecule has 12 nitrogen and oxygen atoms in total. The van der Waals surface area contributed by atoms with Gasteiger partial charge in [-0.25, -0.2) is 0 Å². The van der Waals surface area contributed by atoms with Crippen LogP contribution in [0.5, 0.6) is 0 Å². The molecule has 0 bridgehead atoms. The van der Waals surface area contributed by atoms with Crippen molar-refractivity contribution in [1.82, 2.24) is 10.6 Å². The molecule has 0 spiro atoms. The van der Waals surface area contributed by atoms with Crippen LogP contribution in [0, 0.1) is 19.8 Å². The van der Waals surface area contributed by atoms with Gasteiger partial charge in [0.2, 0.25) is 0 Å². The van der Waals surface area contributed by atoms with Gasteiger partial charge in [-0.1, -0.05) is 67.6 Å². The van der Waals surface area contributed by atoms with E-state index in [1.54, 1.807) is 40.7 Å². The van der Waals surface area contributed by atoms with E-state index in [0.717, 1.165) is 83.9 Å². The molecule has 4 heterocycles. The number of aryl methyl sites for hydroxylation is 2. The van der Waals surface area contributed by atoms with E-state index in [-0.39, 0.29) is 76.8 Å². The number of aliphatic hydroxyl groups is 3. The van der Waals surface area contributed by atoms with Crippen molar-refractivity contribution >= 4 is 64.0 Å². The number of aliphatic hydroxyl groups excluding tert-OH is 3. The molecule has 2 saturated carbocycles. The number of esters is 1. The molecule has 2 aliphatic heterocycles. The van der Waals surface area contributed by atoms with Crippen LogP contribution in [0.15, 0.2) is 109 Å². The fourth-order valence-electron chi connectivity index (χ4n) is 9.70. The van der Waals surface area contributed by atoms with Crippen LogP contribution >= 0.6 is 46.2 Å². The van der Waals surface area contributed by atoms with Gasteiger partial charge in [-0.05, 0) is 152 Å². The zero-order valence-corrected chi connectivity index (χ0v) is 51.2. The van der Waals surface area contributed by atoms with Gasteiger partial charge in [0.1, 0.15) is 36.0 Å². The van der Waals surface area contributed by atoms with E-state index in [0.29, 0.717) is 23.2 Å². The third-order valence-electron chi connectivity index (χ3n) is 14.8. The summed E-state index contributed by atoms with van der Waals surface area (Å²) in [6.07, 6.45) is 5.07. The van der Waals surface area contributed by atoms with Crippen LogP contribution in [0.2, 0.25) is 0 Å². The largest absolute Gasteiger partial charge is 1.00 e. The van der Waals surface area contributed by atoms with Gasteiger partial charge in [0.15, 0.2) is 0 Å². The van der Waals surface area contributed by atoms with Crippen molar-refractivity contribution in [2.24, 2.45) is 5.92 Å².